The number of benzene rings is 1. The van der Waals surface area contributed by atoms with E-state index in [1.165, 1.54) is 37.7 Å². The first kappa shape index (κ1) is 15.8. The van der Waals surface area contributed by atoms with Gasteiger partial charge in [0, 0.05) is 32.3 Å². The minimum atomic E-state index is 0.442. The molecule has 2 unspecified atom stereocenters. The van der Waals surface area contributed by atoms with Gasteiger partial charge in [-0.2, -0.15) is 0 Å². The summed E-state index contributed by atoms with van der Waals surface area (Å²) in [6, 6.07) is 4.60. The average molecular weight is 322 g/mol. The van der Waals surface area contributed by atoms with Crippen LogP contribution in [0, 0.1) is 0 Å². The smallest absolute Gasteiger partial charge is 0.138 e. The van der Waals surface area contributed by atoms with Crippen LogP contribution in [0.5, 0.6) is 5.75 Å². The first-order valence-electron chi connectivity index (χ1n) is 8.28. The molecule has 22 heavy (non-hydrogen) atoms. The zero-order chi connectivity index (χ0) is 15.4. The maximum Gasteiger partial charge on any atom is 0.138 e. The molecular weight excluding hydrogens is 298 g/mol. The Morgan fingerprint density at radius 1 is 1.18 bits per heavy atom. The van der Waals surface area contributed by atoms with Crippen molar-refractivity contribution in [1.82, 2.24) is 0 Å². The molecule has 0 bridgehead atoms. The molecule has 2 atom stereocenters. The standard InChI is InChI=1S/C18H24ClNO2/c1-21-8-5-9-22-18-11-15-13(10-16(18)19)12-20-17-7-4-2-3-6-14(15)17/h10-12,14,17H,2-9H2,1H3. The van der Waals surface area contributed by atoms with Crippen molar-refractivity contribution in [3.63, 3.8) is 0 Å². The van der Waals surface area contributed by atoms with Gasteiger partial charge in [-0.15, -0.1) is 0 Å². The van der Waals surface area contributed by atoms with Gasteiger partial charge in [0.1, 0.15) is 5.75 Å². The zero-order valence-electron chi connectivity index (χ0n) is 13.2. The van der Waals surface area contributed by atoms with Gasteiger partial charge < -0.3 is 9.47 Å². The number of methoxy groups -OCH3 is 1. The van der Waals surface area contributed by atoms with Gasteiger partial charge >= 0.3 is 0 Å². The third-order valence-corrected chi connectivity index (χ3v) is 4.97. The molecule has 120 valence electrons. The van der Waals surface area contributed by atoms with Crippen molar-refractivity contribution in [2.45, 2.75) is 50.5 Å². The first-order valence-corrected chi connectivity index (χ1v) is 8.65. The minimum Gasteiger partial charge on any atom is -0.492 e. The van der Waals surface area contributed by atoms with Gasteiger partial charge in [0.05, 0.1) is 17.7 Å². The lowest BCUT2D eigenvalue weighted by molar-refractivity contribution is 0.172. The predicted octanol–water partition coefficient (Wildman–Crippen LogP) is 4.60. The molecule has 0 aromatic heterocycles. The van der Waals surface area contributed by atoms with Gasteiger partial charge in [-0.3, -0.25) is 4.99 Å². The molecule has 3 nitrogen and oxygen atoms in total. The second-order valence-corrected chi connectivity index (χ2v) is 6.60. The number of aliphatic imine (C=N–C) groups is 1. The van der Waals surface area contributed by atoms with E-state index in [4.69, 9.17) is 26.1 Å². The van der Waals surface area contributed by atoms with Gasteiger partial charge in [0.15, 0.2) is 0 Å². The summed E-state index contributed by atoms with van der Waals surface area (Å²) in [5.41, 5.74) is 2.53. The number of hydrogen-bond acceptors (Lipinski definition) is 3. The quantitative estimate of drug-likeness (QED) is 0.742. The third kappa shape index (κ3) is 3.47. The monoisotopic (exact) mass is 321 g/mol. The summed E-state index contributed by atoms with van der Waals surface area (Å²) in [7, 11) is 1.71. The number of halogens is 1. The Balaban J connectivity index is 1.81. The number of nitrogens with zero attached hydrogens (tertiary/aromatic N) is 1. The maximum atomic E-state index is 6.36. The van der Waals surface area contributed by atoms with Crippen LogP contribution in [-0.2, 0) is 4.74 Å². The predicted molar refractivity (Wildman–Crippen MR) is 90.6 cm³/mol. The summed E-state index contributed by atoms with van der Waals surface area (Å²) in [6.07, 6.45) is 9.21. The van der Waals surface area contributed by atoms with Crippen LogP contribution < -0.4 is 4.74 Å². The average Bonchev–Trinajstić information content (AvgIpc) is 2.77. The zero-order valence-corrected chi connectivity index (χ0v) is 13.9. The highest BCUT2D eigenvalue weighted by Crippen LogP contribution is 2.41. The lowest BCUT2D eigenvalue weighted by atomic mass is 9.83. The van der Waals surface area contributed by atoms with Gasteiger partial charge in [-0.25, -0.2) is 0 Å². The van der Waals surface area contributed by atoms with E-state index in [1.807, 2.05) is 12.3 Å². The van der Waals surface area contributed by atoms with Crippen LogP contribution in [0.2, 0.25) is 5.02 Å². The molecular formula is C18H24ClNO2. The van der Waals surface area contributed by atoms with Gasteiger partial charge in [0.25, 0.3) is 0 Å². The van der Waals surface area contributed by atoms with E-state index in [1.54, 1.807) is 7.11 Å². The van der Waals surface area contributed by atoms with Crippen LogP contribution >= 0.6 is 11.6 Å². The summed E-state index contributed by atoms with van der Waals surface area (Å²) in [4.78, 5) is 4.77. The van der Waals surface area contributed by atoms with Crippen molar-refractivity contribution in [3.8, 4) is 5.75 Å². The second kappa shape index (κ2) is 7.47. The Hall–Kier alpha value is -1.06. The topological polar surface area (TPSA) is 30.8 Å². The van der Waals surface area contributed by atoms with E-state index in [0.717, 1.165) is 17.7 Å². The Labute approximate surface area is 137 Å². The minimum absolute atomic E-state index is 0.442. The summed E-state index contributed by atoms with van der Waals surface area (Å²) in [6.45, 7) is 1.34. The van der Waals surface area contributed by atoms with E-state index in [9.17, 15) is 0 Å². The fourth-order valence-electron chi connectivity index (χ4n) is 3.52. The van der Waals surface area contributed by atoms with E-state index in [2.05, 4.69) is 6.07 Å². The van der Waals surface area contributed by atoms with Crippen LogP contribution in [0.15, 0.2) is 17.1 Å². The maximum absolute atomic E-state index is 6.36. The lowest BCUT2D eigenvalue weighted by Crippen LogP contribution is -2.21. The first-order chi connectivity index (χ1) is 10.8. The van der Waals surface area contributed by atoms with Crippen molar-refractivity contribution in [1.29, 1.82) is 0 Å². The van der Waals surface area contributed by atoms with Gasteiger partial charge in [-0.1, -0.05) is 30.9 Å². The summed E-state index contributed by atoms with van der Waals surface area (Å²) >= 11 is 6.36. The van der Waals surface area contributed by atoms with E-state index in [-0.39, 0.29) is 0 Å². The SMILES string of the molecule is COCCCOc1cc2c(cc1Cl)C=NC1CCCCCC21. The molecule has 1 aromatic rings. The molecule has 1 aliphatic carbocycles. The highest BCUT2D eigenvalue weighted by atomic mass is 35.5. The number of hydrogen-bond donors (Lipinski definition) is 0. The van der Waals surface area contributed by atoms with Crippen LogP contribution in [0.25, 0.3) is 0 Å². The molecule has 1 aromatic carbocycles. The molecule has 1 aliphatic heterocycles. The second-order valence-electron chi connectivity index (χ2n) is 6.20. The molecule has 0 spiro atoms. The van der Waals surface area contributed by atoms with Gasteiger partial charge in [-0.05, 0) is 36.1 Å². The normalized spacial score (nSPS) is 23.5. The highest BCUT2D eigenvalue weighted by molar-refractivity contribution is 6.32. The van der Waals surface area contributed by atoms with Crippen molar-refractivity contribution < 1.29 is 9.47 Å². The van der Waals surface area contributed by atoms with Crippen molar-refractivity contribution in [2.75, 3.05) is 20.3 Å². The molecule has 4 heteroatoms. The molecule has 0 saturated heterocycles. The fourth-order valence-corrected chi connectivity index (χ4v) is 3.75. The van der Waals surface area contributed by atoms with Crippen LogP contribution in [-0.4, -0.2) is 32.6 Å². The Bertz CT molecular complexity index is 544. The van der Waals surface area contributed by atoms with Crippen LogP contribution in [0.3, 0.4) is 0 Å². The summed E-state index contributed by atoms with van der Waals surface area (Å²) in [5, 5.41) is 0.676. The molecule has 1 saturated carbocycles. The molecule has 0 radical (unpaired) electrons. The summed E-state index contributed by atoms with van der Waals surface area (Å²) in [5.74, 6) is 1.33. The van der Waals surface area contributed by atoms with Crippen LogP contribution in [0.1, 0.15) is 55.6 Å². The van der Waals surface area contributed by atoms with E-state index < -0.39 is 0 Å². The van der Waals surface area contributed by atoms with E-state index in [0.29, 0.717) is 30.2 Å². The molecule has 0 N–H and O–H groups in total. The highest BCUT2D eigenvalue weighted by Gasteiger charge is 2.29. The summed E-state index contributed by atoms with van der Waals surface area (Å²) < 4.78 is 10.9. The molecule has 0 amide bonds. The Morgan fingerprint density at radius 3 is 2.91 bits per heavy atom. The van der Waals surface area contributed by atoms with E-state index >= 15 is 0 Å². The number of fused-ring (bicyclic) bond motifs is 3. The largest absolute Gasteiger partial charge is 0.492 e. The van der Waals surface area contributed by atoms with Crippen molar-refractivity contribution in [2.24, 2.45) is 4.99 Å². The molecule has 1 heterocycles. The van der Waals surface area contributed by atoms with Crippen molar-refractivity contribution in [3.05, 3.63) is 28.3 Å². The van der Waals surface area contributed by atoms with Crippen LogP contribution in [0.4, 0.5) is 0 Å². The molecule has 3 rings (SSSR count). The Morgan fingerprint density at radius 2 is 2.05 bits per heavy atom. The lowest BCUT2D eigenvalue weighted by Gasteiger charge is -2.28. The van der Waals surface area contributed by atoms with Crippen molar-refractivity contribution >= 4 is 17.8 Å². The fraction of sp³-hybridized carbons (Fsp3) is 0.611. The number of ether oxygens (including phenoxy) is 2. The van der Waals surface area contributed by atoms with Gasteiger partial charge in [0.2, 0.25) is 0 Å². The third-order valence-electron chi connectivity index (χ3n) is 4.67. The Kier molecular flexibility index (Phi) is 5.37. The molecule has 1 fully saturated rings. The number of rotatable bonds is 5. The molecule has 2 aliphatic rings.